The molecular weight excluding hydrogens is 178 g/mol. The van der Waals surface area contributed by atoms with Gasteiger partial charge in [-0.25, -0.2) is 0 Å². The van der Waals surface area contributed by atoms with Crippen molar-refractivity contribution >= 4 is 34.7 Å². The molecule has 1 fully saturated rings. The quantitative estimate of drug-likeness (QED) is 0.523. The Morgan fingerprint density at radius 1 is 1.27 bits per heavy atom. The maximum Gasteiger partial charge on any atom is 0.174 e. The molecule has 11 heavy (non-hydrogen) atoms. The first-order valence-electron chi connectivity index (χ1n) is 3.47. The van der Waals surface area contributed by atoms with Crippen molar-refractivity contribution in [2.24, 2.45) is 0 Å². The van der Waals surface area contributed by atoms with Crippen LogP contribution in [0.1, 0.15) is 20.3 Å². The van der Waals surface area contributed by atoms with Crippen LogP contribution in [0, 0.1) is 0 Å². The topological polar surface area (TPSA) is 36.1 Å². The Bertz CT molecular complexity index is 186. The van der Waals surface area contributed by atoms with Gasteiger partial charge < -0.3 is 16.0 Å². The van der Waals surface area contributed by atoms with Crippen LogP contribution in [0.25, 0.3) is 0 Å². The molecular formula is C6H11N3S2. The summed E-state index contributed by atoms with van der Waals surface area (Å²) in [6.07, 6.45) is 0.926. The molecule has 3 N–H and O–H groups in total. The van der Waals surface area contributed by atoms with Gasteiger partial charge in [-0.3, -0.25) is 0 Å². The summed E-state index contributed by atoms with van der Waals surface area (Å²) in [7, 11) is 0. The lowest BCUT2D eigenvalue weighted by Crippen LogP contribution is -2.68. The van der Waals surface area contributed by atoms with Crippen molar-refractivity contribution in [3.8, 4) is 0 Å². The molecule has 0 aromatic heterocycles. The smallest absolute Gasteiger partial charge is 0.174 e. The van der Waals surface area contributed by atoms with E-state index in [1.54, 1.807) is 0 Å². The number of rotatable bonds is 1. The summed E-state index contributed by atoms with van der Waals surface area (Å²) in [5, 5.41) is 10.2. The van der Waals surface area contributed by atoms with Crippen LogP contribution in [0.3, 0.4) is 0 Å². The minimum Gasteiger partial charge on any atom is -0.340 e. The summed E-state index contributed by atoms with van der Waals surface area (Å²) in [5.74, 6) is 0. The second-order valence-electron chi connectivity index (χ2n) is 2.72. The molecule has 0 aromatic carbocycles. The first kappa shape index (κ1) is 8.67. The molecule has 5 heteroatoms. The van der Waals surface area contributed by atoms with E-state index >= 15 is 0 Å². The third kappa shape index (κ3) is 2.00. The van der Waals surface area contributed by atoms with E-state index in [0.29, 0.717) is 10.2 Å². The zero-order chi connectivity index (χ0) is 8.48. The van der Waals surface area contributed by atoms with E-state index in [9.17, 15) is 0 Å². The Kier molecular flexibility index (Phi) is 2.29. The molecule has 0 spiro atoms. The Morgan fingerprint density at radius 3 is 2.09 bits per heavy atom. The standard InChI is InChI=1S/C6H11N3S2/c1-3-6(2)8-4(10)7-5(11)9-6/h3H2,1-2H3,(H3,7,8,9,10,11). The minimum absolute atomic E-state index is 0.181. The molecule has 0 bridgehead atoms. The van der Waals surface area contributed by atoms with Crippen LogP contribution in [-0.4, -0.2) is 15.9 Å². The fourth-order valence-electron chi connectivity index (χ4n) is 0.875. The lowest BCUT2D eigenvalue weighted by atomic mass is 10.1. The van der Waals surface area contributed by atoms with Gasteiger partial charge in [-0.05, 0) is 37.8 Å². The van der Waals surface area contributed by atoms with Crippen LogP contribution in [0.5, 0.6) is 0 Å². The first-order chi connectivity index (χ1) is 5.06. The van der Waals surface area contributed by atoms with Crippen LogP contribution in [-0.2, 0) is 0 Å². The van der Waals surface area contributed by atoms with Crippen molar-refractivity contribution in [3.05, 3.63) is 0 Å². The van der Waals surface area contributed by atoms with Crippen molar-refractivity contribution < 1.29 is 0 Å². The second kappa shape index (κ2) is 2.91. The SMILES string of the molecule is CCC1(C)NC(=S)NC(=S)N1. The molecule has 1 aliphatic rings. The number of nitrogens with one attached hydrogen (secondary N) is 3. The summed E-state index contributed by atoms with van der Waals surface area (Å²) in [6, 6.07) is 0. The lowest BCUT2D eigenvalue weighted by Gasteiger charge is -2.37. The molecule has 0 atom stereocenters. The van der Waals surface area contributed by atoms with E-state index in [4.69, 9.17) is 24.4 Å². The average molecular weight is 189 g/mol. The van der Waals surface area contributed by atoms with Crippen LogP contribution < -0.4 is 16.0 Å². The molecule has 1 saturated heterocycles. The highest BCUT2D eigenvalue weighted by Crippen LogP contribution is 2.06. The van der Waals surface area contributed by atoms with E-state index in [2.05, 4.69) is 22.9 Å². The van der Waals surface area contributed by atoms with Gasteiger partial charge >= 0.3 is 0 Å². The van der Waals surface area contributed by atoms with Gasteiger partial charge in [-0.1, -0.05) is 6.92 Å². The zero-order valence-corrected chi connectivity index (χ0v) is 8.16. The van der Waals surface area contributed by atoms with Crippen molar-refractivity contribution in [3.63, 3.8) is 0 Å². The highest BCUT2D eigenvalue weighted by atomic mass is 32.1. The molecule has 1 rings (SSSR count). The van der Waals surface area contributed by atoms with Crippen LogP contribution in [0.2, 0.25) is 0 Å². The molecule has 1 aliphatic heterocycles. The molecule has 0 aliphatic carbocycles. The molecule has 0 amide bonds. The number of hydrogen-bond donors (Lipinski definition) is 3. The Morgan fingerprint density at radius 2 is 1.73 bits per heavy atom. The fourth-order valence-corrected chi connectivity index (χ4v) is 1.59. The van der Waals surface area contributed by atoms with E-state index < -0.39 is 0 Å². The fraction of sp³-hybridized carbons (Fsp3) is 0.667. The van der Waals surface area contributed by atoms with E-state index in [1.807, 2.05) is 6.92 Å². The van der Waals surface area contributed by atoms with Gasteiger partial charge in [0.2, 0.25) is 0 Å². The highest BCUT2D eigenvalue weighted by molar-refractivity contribution is 7.81. The molecule has 3 nitrogen and oxygen atoms in total. The van der Waals surface area contributed by atoms with Gasteiger partial charge in [0.25, 0.3) is 0 Å². The minimum atomic E-state index is -0.181. The van der Waals surface area contributed by atoms with Gasteiger partial charge in [-0.15, -0.1) is 0 Å². The Balaban J connectivity index is 2.70. The second-order valence-corrected chi connectivity index (χ2v) is 3.54. The van der Waals surface area contributed by atoms with Gasteiger partial charge in [0.05, 0.1) is 0 Å². The van der Waals surface area contributed by atoms with Gasteiger partial charge in [0, 0.05) is 0 Å². The maximum absolute atomic E-state index is 4.95. The average Bonchev–Trinajstić information content (AvgIpc) is 1.84. The number of hydrogen-bond acceptors (Lipinski definition) is 2. The summed E-state index contributed by atoms with van der Waals surface area (Å²) in [6.45, 7) is 4.09. The Labute approximate surface area is 76.9 Å². The van der Waals surface area contributed by atoms with E-state index in [-0.39, 0.29) is 5.66 Å². The van der Waals surface area contributed by atoms with Crippen LogP contribution in [0.15, 0.2) is 0 Å². The van der Waals surface area contributed by atoms with Crippen LogP contribution in [0.4, 0.5) is 0 Å². The molecule has 0 aromatic rings. The predicted octanol–water partition coefficient (Wildman–Crippen LogP) is 0.465. The summed E-state index contributed by atoms with van der Waals surface area (Å²) >= 11 is 9.90. The third-order valence-electron chi connectivity index (χ3n) is 1.71. The predicted molar refractivity (Wildman–Crippen MR) is 53.3 cm³/mol. The van der Waals surface area contributed by atoms with Crippen LogP contribution >= 0.6 is 24.4 Å². The summed E-state index contributed by atoms with van der Waals surface area (Å²) in [4.78, 5) is 0. The van der Waals surface area contributed by atoms with E-state index in [1.165, 1.54) is 0 Å². The monoisotopic (exact) mass is 189 g/mol. The molecule has 0 saturated carbocycles. The molecule has 0 radical (unpaired) electrons. The van der Waals surface area contributed by atoms with Gasteiger partial charge in [0.1, 0.15) is 5.66 Å². The number of thiocarbonyl (C=S) groups is 2. The van der Waals surface area contributed by atoms with E-state index in [0.717, 1.165) is 6.42 Å². The lowest BCUT2D eigenvalue weighted by molar-refractivity contribution is 0.360. The normalized spacial score (nSPS) is 21.6. The molecule has 0 unspecified atom stereocenters. The van der Waals surface area contributed by atoms with Crippen molar-refractivity contribution in [2.75, 3.05) is 0 Å². The van der Waals surface area contributed by atoms with Crippen molar-refractivity contribution in [2.45, 2.75) is 25.9 Å². The highest BCUT2D eigenvalue weighted by Gasteiger charge is 2.27. The third-order valence-corrected chi connectivity index (χ3v) is 2.12. The van der Waals surface area contributed by atoms with Crippen molar-refractivity contribution in [1.82, 2.24) is 16.0 Å². The molecule has 62 valence electrons. The van der Waals surface area contributed by atoms with Gasteiger partial charge in [0.15, 0.2) is 10.2 Å². The molecule has 1 heterocycles. The Hall–Kier alpha value is -0.420. The summed E-state index contributed by atoms with van der Waals surface area (Å²) in [5.41, 5.74) is -0.181. The first-order valence-corrected chi connectivity index (χ1v) is 4.29. The largest absolute Gasteiger partial charge is 0.340 e. The van der Waals surface area contributed by atoms with Gasteiger partial charge in [-0.2, -0.15) is 0 Å². The maximum atomic E-state index is 4.95. The van der Waals surface area contributed by atoms with Crippen molar-refractivity contribution in [1.29, 1.82) is 0 Å². The summed E-state index contributed by atoms with van der Waals surface area (Å²) < 4.78 is 0. The zero-order valence-electron chi connectivity index (χ0n) is 6.52.